The fourth-order valence-electron chi connectivity index (χ4n) is 2.14. The Kier molecular flexibility index (Phi) is 1.96. The Morgan fingerprint density at radius 2 is 2.07 bits per heavy atom. The van der Waals surface area contributed by atoms with E-state index in [1.165, 1.54) is 0 Å². The van der Waals surface area contributed by atoms with Gasteiger partial charge in [0.15, 0.2) is 0 Å². The zero-order valence-electron chi connectivity index (χ0n) is 9.09. The molecule has 78 valence electrons. The van der Waals surface area contributed by atoms with Crippen LogP contribution >= 0.6 is 0 Å². The average molecular weight is 196 g/mol. The van der Waals surface area contributed by atoms with Crippen LogP contribution in [0.1, 0.15) is 27.7 Å². The molecule has 2 atom stereocenters. The second-order valence-electron chi connectivity index (χ2n) is 4.73. The van der Waals surface area contributed by atoms with E-state index in [1.54, 1.807) is 0 Å². The Morgan fingerprint density at radius 1 is 1.43 bits per heavy atom. The fraction of sp³-hybridized carbons (Fsp3) is 0.727. The first-order valence-corrected chi connectivity index (χ1v) is 4.98. The normalized spacial score (nSPS) is 35.6. The van der Waals surface area contributed by atoms with Gasteiger partial charge in [-0.2, -0.15) is 0 Å². The highest BCUT2D eigenvalue weighted by molar-refractivity contribution is 5.91. The number of hydrogen-bond acceptors (Lipinski definition) is 3. The summed E-state index contributed by atoms with van der Waals surface area (Å²) in [6.45, 7) is 8.91. The molecular weight excluding hydrogens is 180 g/mol. The Bertz CT molecular complexity index is 314. The maximum absolute atomic E-state index is 11.4. The summed E-state index contributed by atoms with van der Waals surface area (Å²) in [6.07, 6.45) is -0.423. The van der Waals surface area contributed by atoms with Gasteiger partial charge < -0.3 is 9.47 Å². The summed E-state index contributed by atoms with van der Waals surface area (Å²) in [7, 11) is 0. The highest BCUT2D eigenvalue weighted by Crippen LogP contribution is 2.46. The molecule has 2 aliphatic rings. The summed E-state index contributed by atoms with van der Waals surface area (Å²) in [5.41, 5.74) is 1.76. The number of carbonyl (C=O) groups excluding carboxylic acids is 1. The van der Waals surface area contributed by atoms with Crippen LogP contribution in [-0.4, -0.2) is 18.9 Å². The molecule has 0 aromatic heterocycles. The monoisotopic (exact) mass is 196 g/mol. The molecule has 0 bridgehead atoms. The zero-order valence-corrected chi connectivity index (χ0v) is 9.09. The molecule has 0 radical (unpaired) electrons. The predicted molar refractivity (Wildman–Crippen MR) is 51.5 cm³/mol. The molecule has 1 fully saturated rings. The van der Waals surface area contributed by atoms with Gasteiger partial charge in [0.25, 0.3) is 0 Å². The van der Waals surface area contributed by atoms with E-state index < -0.39 is 6.29 Å². The number of rotatable bonds is 0. The summed E-state index contributed by atoms with van der Waals surface area (Å²) >= 11 is 0. The van der Waals surface area contributed by atoms with Gasteiger partial charge in [-0.05, 0) is 18.3 Å². The predicted octanol–water partition coefficient (Wildman–Crippen LogP) is 1.88. The molecule has 3 heteroatoms. The Labute approximate surface area is 84.1 Å². The third-order valence-corrected chi connectivity index (χ3v) is 3.58. The molecule has 0 amide bonds. The van der Waals surface area contributed by atoms with Crippen molar-refractivity contribution in [2.45, 2.75) is 34.0 Å². The third-order valence-electron chi connectivity index (χ3n) is 3.58. The van der Waals surface area contributed by atoms with Gasteiger partial charge in [-0.15, -0.1) is 0 Å². The van der Waals surface area contributed by atoms with Gasteiger partial charge in [0.05, 0.1) is 6.61 Å². The van der Waals surface area contributed by atoms with Crippen molar-refractivity contribution in [1.82, 2.24) is 0 Å². The molecule has 2 heterocycles. The highest BCUT2D eigenvalue weighted by Gasteiger charge is 2.47. The quantitative estimate of drug-likeness (QED) is 0.555. The SMILES string of the molecule is CC1=C2C(OCC(C)C2(C)C)OC1=O. The minimum atomic E-state index is -0.423. The summed E-state index contributed by atoms with van der Waals surface area (Å²) in [6, 6.07) is 0. The fourth-order valence-corrected chi connectivity index (χ4v) is 2.14. The molecule has 2 aliphatic heterocycles. The lowest BCUT2D eigenvalue weighted by Crippen LogP contribution is -2.40. The van der Waals surface area contributed by atoms with Gasteiger partial charge in [0, 0.05) is 11.1 Å². The Hall–Kier alpha value is -0.830. The average Bonchev–Trinajstić information content (AvgIpc) is 2.38. The molecule has 0 spiro atoms. The maximum atomic E-state index is 11.4. The van der Waals surface area contributed by atoms with Crippen LogP contribution in [0.5, 0.6) is 0 Å². The largest absolute Gasteiger partial charge is 0.428 e. The third kappa shape index (κ3) is 1.12. The topological polar surface area (TPSA) is 35.5 Å². The number of ether oxygens (including phenoxy) is 2. The van der Waals surface area contributed by atoms with Crippen LogP contribution in [0, 0.1) is 11.3 Å². The molecule has 0 aliphatic carbocycles. The standard InChI is InChI=1S/C11H16O3/c1-6-5-13-10-8(11(6,3)4)7(2)9(12)14-10/h6,10H,5H2,1-4H3. The first kappa shape index (κ1) is 9.71. The summed E-state index contributed by atoms with van der Waals surface area (Å²) in [5, 5.41) is 0. The molecule has 2 rings (SSSR count). The van der Waals surface area contributed by atoms with Gasteiger partial charge in [0.2, 0.25) is 6.29 Å². The molecule has 3 nitrogen and oxygen atoms in total. The number of carbonyl (C=O) groups is 1. The lowest BCUT2D eigenvalue weighted by atomic mass is 9.71. The van der Waals surface area contributed by atoms with Crippen LogP contribution in [0.3, 0.4) is 0 Å². The van der Waals surface area contributed by atoms with E-state index in [2.05, 4.69) is 20.8 Å². The summed E-state index contributed by atoms with van der Waals surface area (Å²) in [5.74, 6) is 0.186. The van der Waals surface area contributed by atoms with Crippen molar-refractivity contribution in [3.05, 3.63) is 11.1 Å². The zero-order chi connectivity index (χ0) is 10.5. The van der Waals surface area contributed by atoms with Gasteiger partial charge in [0.1, 0.15) is 0 Å². The number of esters is 1. The summed E-state index contributed by atoms with van der Waals surface area (Å²) in [4.78, 5) is 11.4. The van der Waals surface area contributed by atoms with Crippen molar-refractivity contribution in [3.8, 4) is 0 Å². The molecule has 0 aromatic rings. The van der Waals surface area contributed by atoms with Crippen molar-refractivity contribution in [2.75, 3.05) is 6.61 Å². The van der Waals surface area contributed by atoms with Crippen molar-refractivity contribution < 1.29 is 14.3 Å². The first-order chi connectivity index (χ1) is 6.44. The van der Waals surface area contributed by atoms with E-state index in [0.29, 0.717) is 12.5 Å². The van der Waals surface area contributed by atoms with Gasteiger partial charge in [-0.3, -0.25) is 0 Å². The molecule has 1 saturated heterocycles. The van der Waals surface area contributed by atoms with E-state index in [4.69, 9.17) is 9.47 Å². The molecule has 0 N–H and O–H groups in total. The second kappa shape index (κ2) is 2.83. The Morgan fingerprint density at radius 3 is 2.71 bits per heavy atom. The summed E-state index contributed by atoms with van der Waals surface area (Å²) < 4.78 is 10.6. The lowest BCUT2D eigenvalue weighted by molar-refractivity contribution is -0.173. The van der Waals surface area contributed by atoms with Crippen molar-refractivity contribution in [2.24, 2.45) is 11.3 Å². The number of hydrogen-bond donors (Lipinski definition) is 0. The van der Waals surface area contributed by atoms with Crippen LogP contribution in [0.25, 0.3) is 0 Å². The highest BCUT2D eigenvalue weighted by atomic mass is 16.7. The molecule has 0 aromatic carbocycles. The lowest BCUT2D eigenvalue weighted by Gasteiger charge is -2.40. The van der Waals surface area contributed by atoms with Crippen molar-refractivity contribution in [3.63, 3.8) is 0 Å². The minimum absolute atomic E-state index is 0.000833. The van der Waals surface area contributed by atoms with E-state index in [0.717, 1.165) is 11.1 Å². The first-order valence-electron chi connectivity index (χ1n) is 4.98. The van der Waals surface area contributed by atoms with E-state index in [9.17, 15) is 4.79 Å². The molecular formula is C11H16O3. The van der Waals surface area contributed by atoms with Gasteiger partial charge in [-0.25, -0.2) is 4.79 Å². The minimum Gasteiger partial charge on any atom is -0.428 e. The van der Waals surface area contributed by atoms with Gasteiger partial charge >= 0.3 is 5.97 Å². The van der Waals surface area contributed by atoms with Crippen molar-refractivity contribution >= 4 is 5.97 Å². The Balaban J connectivity index is 2.46. The maximum Gasteiger partial charge on any atom is 0.336 e. The van der Waals surface area contributed by atoms with Crippen LogP contribution < -0.4 is 0 Å². The molecule has 0 saturated carbocycles. The van der Waals surface area contributed by atoms with Crippen LogP contribution in [-0.2, 0) is 14.3 Å². The number of fused-ring (bicyclic) bond motifs is 1. The van der Waals surface area contributed by atoms with Gasteiger partial charge in [-0.1, -0.05) is 20.8 Å². The van der Waals surface area contributed by atoms with E-state index in [-0.39, 0.29) is 11.4 Å². The van der Waals surface area contributed by atoms with Crippen molar-refractivity contribution in [1.29, 1.82) is 0 Å². The van der Waals surface area contributed by atoms with Crippen LogP contribution in [0.15, 0.2) is 11.1 Å². The van der Waals surface area contributed by atoms with E-state index >= 15 is 0 Å². The van der Waals surface area contributed by atoms with Crippen LogP contribution in [0.2, 0.25) is 0 Å². The smallest absolute Gasteiger partial charge is 0.336 e. The molecule has 2 unspecified atom stereocenters. The van der Waals surface area contributed by atoms with Crippen LogP contribution in [0.4, 0.5) is 0 Å². The van der Waals surface area contributed by atoms with E-state index in [1.807, 2.05) is 6.92 Å². The second-order valence-corrected chi connectivity index (χ2v) is 4.73. The molecule has 14 heavy (non-hydrogen) atoms.